The maximum absolute atomic E-state index is 12.1. The summed E-state index contributed by atoms with van der Waals surface area (Å²) < 4.78 is 57.2. The number of nitrogens with zero attached hydrogens (tertiary/aromatic N) is 1. The third kappa shape index (κ3) is 2.30. The van der Waals surface area contributed by atoms with Gasteiger partial charge in [-0.05, 0) is 30.1 Å². The molecular weight excluding hydrogens is 219 g/mol. The summed E-state index contributed by atoms with van der Waals surface area (Å²) in [6.07, 6.45) is -4.55. The Morgan fingerprint density at radius 2 is 2.00 bits per heavy atom. The summed E-state index contributed by atoms with van der Waals surface area (Å²) in [5.74, 6) is 0. The van der Waals surface area contributed by atoms with Gasteiger partial charge in [-0.25, -0.2) is 4.98 Å². The van der Waals surface area contributed by atoms with Crippen LogP contribution in [0.3, 0.4) is 0 Å². The van der Waals surface area contributed by atoms with Crippen LogP contribution in [0.2, 0.25) is 0 Å². The lowest BCUT2D eigenvalue weighted by atomic mass is 10.3. The Bertz CT molecular complexity index is 378. The highest BCUT2D eigenvalue weighted by Crippen LogP contribution is 2.28. The van der Waals surface area contributed by atoms with Gasteiger partial charge in [0.2, 0.25) is 0 Å². The first kappa shape index (κ1) is 11.1. The van der Waals surface area contributed by atoms with Crippen molar-refractivity contribution >= 4 is 11.1 Å². The first-order valence-corrected chi connectivity index (χ1v) is 4.54. The molecule has 0 fully saturated rings. The van der Waals surface area contributed by atoms with Gasteiger partial charge in [0.25, 0.3) is 0 Å². The molecule has 0 bridgehead atoms. The summed E-state index contributed by atoms with van der Waals surface area (Å²) in [5, 5.41) is 0. The number of hydrogen-bond donors (Lipinski definition) is 0. The number of rotatable bonds is 1. The van der Waals surface area contributed by atoms with E-state index in [1.54, 1.807) is 0 Å². The normalized spacial score (nSPS) is 14.1. The first-order valence-electron chi connectivity index (χ1n) is 3.46. The van der Waals surface area contributed by atoms with Gasteiger partial charge in [0.1, 0.15) is 5.69 Å². The zero-order valence-corrected chi connectivity index (χ0v) is 7.78. The molecule has 7 heteroatoms. The van der Waals surface area contributed by atoms with Crippen LogP contribution < -0.4 is 0 Å². The average Bonchev–Trinajstić information content (AvgIpc) is 2.01. The molecule has 0 spiro atoms. The van der Waals surface area contributed by atoms with Crippen molar-refractivity contribution in [1.82, 2.24) is 4.98 Å². The molecule has 1 rings (SSSR count). The highest BCUT2D eigenvalue weighted by molar-refractivity contribution is 7.79. The Hall–Kier alpha value is -0.950. The molecule has 1 aromatic heterocycles. The van der Waals surface area contributed by atoms with Gasteiger partial charge in [-0.15, -0.1) is 0 Å². The van der Waals surface area contributed by atoms with Crippen molar-refractivity contribution < 1.29 is 21.9 Å². The predicted octanol–water partition coefficient (Wildman–Crippen LogP) is 1.65. The molecule has 1 atom stereocenters. The maximum Gasteiger partial charge on any atom is 0.433 e. The molecule has 0 radical (unpaired) electrons. The fraction of sp³-hybridized carbons (Fsp3) is 0.286. The van der Waals surface area contributed by atoms with E-state index in [1.807, 2.05) is 0 Å². The van der Waals surface area contributed by atoms with E-state index >= 15 is 0 Å². The molecule has 0 aliphatic rings. The molecule has 0 saturated carbocycles. The molecule has 0 N–H and O–H groups in total. The minimum absolute atomic E-state index is 0.159. The number of hydrogen-bond acceptors (Lipinski definition) is 3. The standard InChI is InChI=1S/C7H6F3NO2S/c1-4-5(14(12)13)2-3-6(11-4)7(8,9)10/h2-3H,1H3,(H,12,13)/p-1. The number of pyridine rings is 1. The van der Waals surface area contributed by atoms with Gasteiger partial charge >= 0.3 is 6.18 Å². The van der Waals surface area contributed by atoms with Gasteiger partial charge in [-0.2, -0.15) is 13.2 Å². The van der Waals surface area contributed by atoms with Crippen molar-refractivity contribution in [2.24, 2.45) is 0 Å². The minimum Gasteiger partial charge on any atom is -0.768 e. The van der Waals surface area contributed by atoms with E-state index in [2.05, 4.69) is 4.98 Å². The average molecular weight is 224 g/mol. The van der Waals surface area contributed by atoms with Crippen LogP contribution in [-0.4, -0.2) is 13.7 Å². The fourth-order valence-corrected chi connectivity index (χ4v) is 1.35. The van der Waals surface area contributed by atoms with Crippen molar-refractivity contribution in [2.75, 3.05) is 0 Å². The van der Waals surface area contributed by atoms with Crippen molar-refractivity contribution in [3.05, 3.63) is 23.5 Å². The van der Waals surface area contributed by atoms with Crippen LogP contribution in [-0.2, 0) is 17.3 Å². The summed E-state index contributed by atoms with van der Waals surface area (Å²) in [5.41, 5.74) is -1.25. The predicted molar refractivity (Wildman–Crippen MR) is 41.2 cm³/mol. The minimum atomic E-state index is -4.55. The summed E-state index contributed by atoms with van der Waals surface area (Å²) in [7, 11) is 0. The third-order valence-corrected chi connectivity index (χ3v) is 2.30. The Morgan fingerprint density at radius 1 is 1.43 bits per heavy atom. The van der Waals surface area contributed by atoms with Crippen LogP contribution in [0.5, 0.6) is 0 Å². The van der Waals surface area contributed by atoms with Crippen molar-refractivity contribution in [2.45, 2.75) is 18.0 Å². The second kappa shape index (κ2) is 3.66. The molecule has 1 aromatic rings. The van der Waals surface area contributed by atoms with E-state index in [1.165, 1.54) is 6.92 Å². The summed E-state index contributed by atoms with van der Waals surface area (Å²) in [6.45, 7) is 1.21. The number of aromatic nitrogens is 1. The van der Waals surface area contributed by atoms with Crippen LogP contribution in [0, 0.1) is 6.92 Å². The molecule has 78 valence electrons. The Morgan fingerprint density at radius 3 is 2.36 bits per heavy atom. The second-order valence-corrected chi connectivity index (χ2v) is 3.42. The zero-order chi connectivity index (χ0) is 10.9. The van der Waals surface area contributed by atoms with E-state index in [0.717, 1.165) is 6.07 Å². The Labute approximate surface area is 80.3 Å². The molecule has 14 heavy (non-hydrogen) atoms. The van der Waals surface area contributed by atoms with Crippen LogP contribution >= 0.6 is 0 Å². The van der Waals surface area contributed by atoms with Gasteiger partial charge in [0.15, 0.2) is 0 Å². The van der Waals surface area contributed by atoms with E-state index in [0.29, 0.717) is 6.07 Å². The molecule has 1 unspecified atom stereocenters. The van der Waals surface area contributed by atoms with Crippen molar-refractivity contribution in [3.8, 4) is 0 Å². The molecule has 3 nitrogen and oxygen atoms in total. The lowest BCUT2D eigenvalue weighted by molar-refractivity contribution is -0.141. The highest BCUT2D eigenvalue weighted by Gasteiger charge is 2.32. The van der Waals surface area contributed by atoms with Crippen LogP contribution in [0.15, 0.2) is 17.0 Å². The number of halogens is 3. The summed E-state index contributed by atoms with van der Waals surface area (Å²) in [6, 6.07) is 1.52. The van der Waals surface area contributed by atoms with Gasteiger partial charge in [-0.1, -0.05) is 0 Å². The molecule has 0 saturated heterocycles. The summed E-state index contributed by atoms with van der Waals surface area (Å²) >= 11 is -2.56. The molecule has 0 aliphatic carbocycles. The molecule has 0 aromatic carbocycles. The molecule has 0 amide bonds. The number of aryl methyl sites for hydroxylation is 1. The number of alkyl halides is 3. The smallest absolute Gasteiger partial charge is 0.433 e. The quantitative estimate of drug-likeness (QED) is 0.681. The lowest BCUT2D eigenvalue weighted by Crippen LogP contribution is -2.10. The van der Waals surface area contributed by atoms with E-state index in [-0.39, 0.29) is 10.6 Å². The van der Waals surface area contributed by atoms with E-state index in [4.69, 9.17) is 0 Å². The fourth-order valence-electron chi connectivity index (χ4n) is 0.882. The SMILES string of the molecule is Cc1nc(C(F)(F)F)ccc1S(=O)[O-]. The second-order valence-electron chi connectivity index (χ2n) is 2.51. The Balaban J connectivity index is 3.20. The van der Waals surface area contributed by atoms with E-state index in [9.17, 15) is 21.9 Å². The lowest BCUT2D eigenvalue weighted by Gasteiger charge is -2.11. The van der Waals surface area contributed by atoms with E-state index < -0.39 is 23.0 Å². The highest BCUT2D eigenvalue weighted by atomic mass is 32.2. The van der Waals surface area contributed by atoms with Crippen LogP contribution in [0.1, 0.15) is 11.4 Å². The topological polar surface area (TPSA) is 53.0 Å². The third-order valence-electron chi connectivity index (χ3n) is 1.51. The monoisotopic (exact) mass is 224 g/mol. The summed E-state index contributed by atoms with van der Waals surface area (Å²) in [4.78, 5) is 2.92. The van der Waals surface area contributed by atoms with Crippen LogP contribution in [0.4, 0.5) is 13.2 Å². The van der Waals surface area contributed by atoms with Crippen molar-refractivity contribution in [1.29, 1.82) is 0 Å². The maximum atomic E-state index is 12.1. The largest absolute Gasteiger partial charge is 0.768 e. The molecule has 1 heterocycles. The van der Waals surface area contributed by atoms with Crippen LogP contribution in [0.25, 0.3) is 0 Å². The van der Waals surface area contributed by atoms with Gasteiger partial charge < -0.3 is 4.55 Å². The van der Waals surface area contributed by atoms with Crippen molar-refractivity contribution in [3.63, 3.8) is 0 Å². The van der Waals surface area contributed by atoms with Gasteiger partial charge in [0, 0.05) is 4.90 Å². The van der Waals surface area contributed by atoms with Gasteiger partial charge in [0.05, 0.1) is 5.69 Å². The van der Waals surface area contributed by atoms with Gasteiger partial charge in [-0.3, -0.25) is 4.21 Å². The first-order chi connectivity index (χ1) is 6.32. The molecular formula is C7H5F3NO2S-. The molecule has 0 aliphatic heterocycles. The zero-order valence-electron chi connectivity index (χ0n) is 6.96. The Kier molecular flexibility index (Phi) is 2.91.